The summed E-state index contributed by atoms with van der Waals surface area (Å²) in [5.41, 5.74) is 11.8. The molecule has 8 heteroatoms. The number of hydrogen-bond donors (Lipinski definition) is 2. The molecule has 3 aromatic carbocycles. The van der Waals surface area contributed by atoms with Crippen molar-refractivity contribution in [3.05, 3.63) is 77.5 Å². The highest BCUT2D eigenvalue weighted by atomic mass is 127. The van der Waals surface area contributed by atoms with Crippen LogP contribution >= 0.6 is 24.0 Å². The molecule has 0 spiro atoms. The summed E-state index contributed by atoms with van der Waals surface area (Å²) in [6.45, 7) is 1.27. The molecule has 1 aliphatic heterocycles. The molecule has 35 heavy (non-hydrogen) atoms. The normalized spacial score (nSPS) is 14.0. The Kier molecular flexibility index (Phi) is 7.42. The van der Waals surface area contributed by atoms with E-state index in [-0.39, 0.29) is 42.9 Å². The Labute approximate surface area is 220 Å². The molecular formula is C27H28F2IN3O2. The molecule has 1 aromatic heterocycles. The van der Waals surface area contributed by atoms with Crippen LogP contribution < -0.4 is 10.5 Å². The fourth-order valence-electron chi connectivity index (χ4n) is 4.86. The Morgan fingerprint density at radius 1 is 1.09 bits per heavy atom. The van der Waals surface area contributed by atoms with Gasteiger partial charge in [0.15, 0.2) is 11.6 Å². The van der Waals surface area contributed by atoms with E-state index in [0.717, 1.165) is 46.3 Å². The van der Waals surface area contributed by atoms with Crippen molar-refractivity contribution in [2.45, 2.75) is 18.8 Å². The largest absolute Gasteiger partial charge is 0.494 e. The summed E-state index contributed by atoms with van der Waals surface area (Å²) in [4.78, 5) is 0. The molecule has 0 atom stereocenters. The summed E-state index contributed by atoms with van der Waals surface area (Å²) >= 11 is 0. The predicted octanol–water partition coefficient (Wildman–Crippen LogP) is 6.92. The molecule has 0 bridgehead atoms. The molecule has 184 valence electrons. The van der Waals surface area contributed by atoms with Crippen molar-refractivity contribution in [1.29, 1.82) is 5.41 Å². The first-order valence-corrected chi connectivity index (χ1v) is 11.2. The standard InChI is InChI=1S/C27H25F2N3O2.HI.H2/c1-33-25-13-17(2-7-22(25)29)26-21-14-23(31)18(15-30)12-24(21)32(20-5-3-19(28)4-6-20)27(26)16-8-10-34-11-9-16;;/h2-7,12-16,30H,8-11,31H2,1H3;2*1H. The third-order valence-electron chi connectivity index (χ3n) is 6.50. The van der Waals surface area contributed by atoms with Gasteiger partial charge < -0.3 is 25.2 Å². The van der Waals surface area contributed by atoms with Gasteiger partial charge in [-0.2, -0.15) is 0 Å². The molecule has 1 aliphatic rings. The van der Waals surface area contributed by atoms with E-state index in [4.69, 9.17) is 20.6 Å². The van der Waals surface area contributed by atoms with Crippen LogP contribution in [-0.2, 0) is 4.74 Å². The lowest BCUT2D eigenvalue weighted by molar-refractivity contribution is 0.0843. The maximum Gasteiger partial charge on any atom is 0.165 e. The van der Waals surface area contributed by atoms with E-state index in [1.54, 1.807) is 24.3 Å². The number of ether oxygens (including phenoxy) is 2. The molecule has 1 saturated heterocycles. The highest BCUT2D eigenvalue weighted by Gasteiger charge is 2.28. The van der Waals surface area contributed by atoms with Crippen LogP contribution in [0.3, 0.4) is 0 Å². The van der Waals surface area contributed by atoms with E-state index >= 15 is 0 Å². The maximum atomic E-state index is 14.3. The summed E-state index contributed by atoms with van der Waals surface area (Å²) in [7, 11) is 1.44. The lowest BCUT2D eigenvalue weighted by Gasteiger charge is -2.26. The molecule has 2 heterocycles. The number of nitrogens with zero attached hydrogens (tertiary/aromatic N) is 1. The van der Waals surface area contributed by atoms with Gasteiger partial charge in [0.05, 0.1) is 12.6 Å². The summed E-state index contributed by atoms with van der Waals surface area (Å²) < 4.78 is 41.1. The second-order valence-corrected chi connectivity index (χ2v) is 8.45. The van der Waals surface area contributed by atoms with E-state index in [1.165, 1.54) is 31.5 Å². The number of benzene rings is 3. The van der Waals surface area contributed by atoms with Crippen LogP contribution in [0, 0.1) is 17.0 Å². The number of nitrogens with one attached hydrogen (secondary N) is 1. The fraction of sp³-hybridized carbons (Fsp3) is 0.222. The van der Waals surface area contributed by atoms with Gasteiger partial charge in [0.1, 0.15) is 5.82 Å². The maximum absolute atomic E-state index is 14.3. The Morgan fingerprint density at radius 2 is 1.80 bits per heavy atom. The predicted molar refractivity (Wildman–Crippen MR) is 148 cm³/mol. The number of aromatic nitrogens is 1. The number of halogens is 3. The van der Waals surface area contributed by atoms with E-state index in [1.807, 2.05) is 12.1 Å². The molecule has 5 rings (SSSR count). The van der Waals surface area contributed by atoms with Gasteiger partial charge in [-0.3, -0.25) is 0 Å². The molecule has 1 fully saturated rings. The van der Waals surface area contributed by atoms with Crippen molar-refractivity contribution in [3.63, 3.8) is 0 Å². The van der Waals surface area contributed by atoms with E-state index in [0.29, 0.717) is 24.5 Å². The molecule has 5 nitrogen and oxygen atoms in total. The Balaban J connectivity index is 0.00000180. The number of anilines is 1. The van der Waals surface area contributed by atoms with Crippen LogP contribution in [0.15, 0.2) is 54.6 Å². The van der Waals surface area contributed by atoms with Gasteiger partial charge in [0.2, 0.25) is 0 Å². The molecule has 0 saturated carbocycles. The second kappa shape index (κ2) is 10.3. The quantitative estimate of drug-likeness (QED) is 0.150. The average Bonchev–Trinajstić information content (AvgIpc) is 3.18. The number of nitrogen functional groups attached to an aromatic ring is 1. The van der Waals surface area contributed by atoms with Crippen molar-refractivity contribution in [3.8, 4) is 22.6 Å². The van der Waals surface area contributed by atoms with Crippen LogP contribution in [0.5, 0.6) is 5.75 Å². The monoisotopic (exact) mass is 591 g/mol. The molecule has 0 unspecified atom stereocenters. The van der Waals surface area contributed by atoms with Crippen molar-refractivity contribution in [1.82, 2.24) is 4.57 Å². The van der Waals surface area contributed by atoms with Crippen molar-refractivity contribution in [2.75, 3.05) is 26.1 Å². The average molecular weight is 591 g/mol. The van der Waals surface area contributed by atoms with Crippen LogP contribution in [0.1, 0.15) is 31.4 Å². The van der Waals surface area contributed by atoms with Crippen LogP contribution in [0.2, 0.25) is 0 Å². The molecule has 4 aromatic rings. The van der Waals surface area contributed by atoms with Crippen LogP contribution in [0.4, 0.5) is 14.5 Å². The minimum Gasteiger partial charge on any atom is -0.494 e. The highest BCUT2D eigenvalue weighted by molar-refractivity contribution is 14.0. The first-order chi connectivity index (χ1) is 16.5. The number of fused-ring (bicyclic) bond motifs is 1. The van der Waals surface area contributed by atoms with Gasteiger partial charge in [-0.1, -0.05) is 6.07 Å². The first-order valence-electron chi connectivity index (χ1n) is 11.2. The first kappa shape index (κ1) is 25.1. The van der Waals surface area contributed by atoms with Crippen LogP contribution in [0.25, 0.3) is 27.7 Å². The minimum atomic E-state index is -0.438. The van der Waals surface area contributed by atoms with E-state index in [9.17, 15) is 8.78 Å². The van der Waals surface area contributed by atoms with Crippen LogP contribution in [-0.4, -0.2) is 31.1 Å². The Hall–Kier alpha value is -2.98. The highest BCUT2D eigenvalue weighted by Crippen LogP contribution is 2.45. The van der Waals surface area contributed by atoms with Crippen molar-refractivity contribution < 1.29 is 19.7 Å². The number of hydrogen-bond acceptors (Lipinski definition) is 4. The van der Waals surface area contributed by atoms with Crippen molar-refractivity contribution >= 4 is 46.8 Å². The zero-order valence-electron chi connectivity index (χ0n) is 19.2. The van der Waals surface area contributed by atoms with Gasteiger partial charge in [-0.05, 0) is 66.9 Å². The molecule has 3 N–H and O–H groups in total. The van der Waals surface area contributed by atoms with Gasteiger partial charge in [-0.15, -0.1) is 24.0 Å². The van der Waals surface area contributed by atoms with E-state index < -0.39 is 5.82 Å². The summed E-state index contributed by atoms with van der Waals surface area (Å²) in [5.74, 6) is -0.448. The fourth-order valence-corrected chi connectivity index (χ4v) is 4.86. The van der Waals surface area contributed by atoms with E-state index in [2.05, 4.69) is 4.57 Å². The molecule has 0 aliphatic carbocycles. The van der Waals surface area contributed by atoms with Crippen molar-refractivity contribution in [2.24, 2.45) is 0 Å². The summed E-state index contributed by atoms with van der Waals surface area (Å²) in [6, 6.07) is 14.9. The Bertz CT molecular complexity index is 1390. The number of rotatable bonds is 5. The lowest BCUT2D eigenvalue weighted by Crippen LogP contribution is -2.17. The summed E-state index contributed by atoms with van der Waals surface area (Å²) in [5, 5.41) is 8.70. The van der Waals surface area contributed by atoms with Gasteiger partial charge in [0.25, 0.3) is 0 Å². The van der Waals surface area contributed by atoms with Gasteiger partial charge >= 0.3 is 0 Å². The molecule has 0 radical (unpaired) electrons. The number of methoxy groups -OCH3 is 1. The Morgan fingerprint density at radius 3 is 2.46 bits per heavy atom. The molecule has 0 amide bonds. The second-order valence-electron chi connectivity index (χ2n) is 8.45. The SMILES string of the molecule is COc1cc(-c2c(C3CCOCC3)n(-c3ccc(F)cc3)c3cc(C=N)c(N)cc23)ccc1F.I.[HH]. The number of nitrogens with two attached hydrogens (primary N) is 1. The topological polar surface area (TPSA) is 73.3 Å². The third-order valence-corrected chi connectivity index (χ3v) is 6.50. The van der Waals surface area contributed by atoms with Gasteiger partial charge in [0, 0.05) is 60.4 Å². The smallest absolute Gasteiger partial charge is 0.165 e. The third kappa shape index (κ3) is 4.52. The van der Waals surface area contributed by atoms with Gasteiger partial charge in [-0.25, -0.2) is 8.78 Å². The minimum absolute atomic E-state index is 0. The summed E-state index contributed by atoms with van der Waals surface area (Å²) in [6.07, 6.45) is 2.86. The zero-order chi connectivity index (χ0) is 23.8. The molecular weight excluding hydrogens is 563 g/mol. The zero-order valence-corrected chi connectivity index (χ0v) is 21.5. The lowest BCUT2D eigenvalue weighted by atomic mass is 9.89.